The van der Waals surface area contributed by atoms with Crippen LogP contribution in [0.5, 0.6) is 0 Å². The van der Waals surface area contributed by atoms with Crippen molar-refractivity contribution in [2.45, 2.75) is 76.0 Å². The second kappa shape index (κ2) is 8.94. The van der Waals surface area contributed by atoms with Crippen molar-refractivity contribution in [2.75, 3.05) is 5.32 Å². The Bertz CT molecular complexity index is 948. The maximum absolute atomic E-state index is 9.03. The predicted molar refractivity (Wildman–Crippen MR) is 117 cm³/mol. The van der Waals surface area contributed by atoms with Crippen LogP contribution in [0.15, 0.2) is 21.2 Å². The summed E-state index contributed by atoms with van der Waals surface area (Å²) in [5.74, 6) is 2.06. The molecule has 2 bridgehead atoms. The minimum atomic E-state index is -0.250. The lowest BCUT2D eigenvalue weighted by atomic mass is 9.89. The number of aromatic nitrogens is 1. The van der Waals surface area contributed by atoms with E-state index in [1.165, 1.54) is 44.9 Å². The lowest BCUT2D eigenvalue weighted by Gasteiger charge is -2.38. The molecule has 4 heterocycles. The number of fused-ring (bicyclic) bond motifs is 3. The van der Waals surface area contributed by atoms with Gasteiger partial charge in [-0.15, -0.1) is 0 Å². The zero-order valence-corrected chi connectivity index (χ0v) is 18.6. The first-order chi connectivity index (χ1) is 14.5. The quantitative estimate of drug-likeness (QED) is 0.617. The number of carboxylic acid groups (broad SMARTS) is 1. The number of nitrogens with one attached hydrogen (secondary N) is 1. The van der Waals surface area contributed by atoms with Crippen LogP contribution in [0, 0.1) is 17.2 Å². The maximum atomic E-state index is 9.03. The largest absolute Gasteiger partial charge is 0.483 e. The molecule has 0 radical (unpaired) electrons. The van der Waals surface area contributed by atoms with E-state index in [1.54, 1.807) is 12.3 Å². The fourth-order valence-electron chi connectivity index (χ4n) is 5.75. The molecule has 2 aliphatic heterocycles. The molecule has 2 aromatic heterocycles. The standard InChI is InChI=1S/C21H25BrN4O.CH2O2/c1-12-8-15-6-7-18(12)26(15)14-4-2-13(3-5-14)25-21-20(22)17-9-16(10-23)27-19(17)11-24-21;2-1-3/h9,11-15,18H,2-8H2,1H3,(H,24,25);1H,(H,2,3). The van der Waals surface area contributed by atoms with Gasteiger partial charge < -0.3 is 14.8 Å². The molecule has 0 spiro atoms. The summed E-state index contributed by atoms with van der Waals surface area (Å²) in [6.45, 7) is 2.19. The van der Waals surface area contributed by atoms with Gasteiger partial charge in [-0.1, -0.05) is 6.92 Å². The third-order valence-electron chi connectivity index (χ3n) is 6.99. The van der Waals surface area contributed by atoms with E-state index in [0.717, 1.165) is 39.7 Å². The number of pyridine rings is 1. The van der Waals surface area contributed by atoms with E-state index in [0.29, 0.717) is 17.4 Å². The number of furan rings is 1. The molecule has 3 fully saturated rings. The smallest absolute Gasteiger partial charge is 0.290 e. The molecule has 1 aliphatic carbocycles. The molecule has 0 aromatic carbocycles. The summed E-state index contributed by atoms with van der Waals surface area (Å²) in [5, 5.41) is 20.5. The second-order valence-electron chi connectivity index (χ2n) is 8.64. The van der Waals surface area contributed by atoms with Crippen molar-refractivity contribution in [1.82, 2.24) is 9.88 Å². The van der Waals surface area contributed by atoms with Gasteiger partial charge in [0, 0.05) is 35.6 Å². The molecular formula is C22H27BrN4O3. The Labute approximate surface area is 184 Å². The van der Waals surface area contributed by atoms with Crippen LogP contribution in [-0.4, -0.2) is 45.6 Å². The summed E-state index contributed by atoms with van der Waals surface area (Å²) in [5.41, 5.74) is 0.645. The molecule has 160 valence electrons. The highest BCUT2D eigenvalue weighted by molar-refractivity contribution is 9.10. The Morgan fingerprint density at radius 1 is 1.30 bits per heavy atom. The van der Waals surface area contributed by atoms with E-state index in [-0.39, 0.29) is 6.47 Å². The fourth-order valence-corrected chi connectivity index (χ4v) is 6.28. The van der Waals surface area contributed by atoms with Crippen LogP contribution in [0.25, 0.3) is 11.0 Å². The average molecular weight is 475 g/mol. The van der Waals surface area contributed by atoms with Crippen molar-refractivity contribution >= 4 is 39.2 Å². The van der Waals surface area contributed by atoms with Crippen LogP contribution >= 0.6 is 15.9 Å². The third-order valence-corrected chi connectivity index (χ3v) is 7.79. The first-order valence-electron chi connectivity index (χ1n) is 10.7. The number of carbonyl (C=O) groups is 1. The monoisotopic (exact) mass is 474 g/mol. The van der Waals surface area contributed by atoms with Crippen molar-refractivity contribution in [1.29, 1.82) is 5.26 Å². The van der Waals surface area contributed by atoms with Gasteiger partial charge >= 0.3 is 0 Å². The van der Waals surface area contributed by atoms with Crippen molar-refractivity contribution in [2.24, 2.45) is 5.92 Å². The van der Waals surface area contributed by atoms with Gasteiger partial charge in [0.05, 0.1) is 10.7 Å². The molecule has 2 aromatic rings. The summed E-state index contributed by atoms with van der Waals surface area (Å²) < 4.78 is 6.35. The minimum Gasteiger partial charge on any atom is -0.483 e. The van der Waals surface area contributed by atoms with Crippen LogP contribution in [0.4, 0.5) is 5.82 Å². The summed E-state index contributed by atoms with van der Waals surface area (Å²) >= 11 is 3.64. The van der Waals surface area contributed by atoms with Gasteiger partial charge in [-0.3, -0.25) is 9.69 Å². The lowest BCUT2D eigenvalue weighted by molar-refractivity contribution is -0.122. The summed E-state index contributed by atoms with van der Waals surface area (Å²) in [6, 6.07) is 6.76. The number of hydrogen-bond acceptors (Lipinski definition) is 6. The molecule has 3 atom stereocenters. The molecule has 8 heteroatoms. The average Bonchev–Trinajstić information content (AvgIpc) is 3.43. The van der Waals surface area contributed by atoms with Crippen LogP contribution in [0.3, 0.4) is 0 Å². The summed E-state index contributed by atoms with van der Waals surface area (Å²) in [4.78, 5) is 15.8. The Balaban J connectivity index is 0.000000687. The highest BCUT2D eigenvalue weighted by Gasteiger charge is 2.47. The molecule has 30 heavy (non-hydrogen) atoms. The number of hydrogen-bond donors (Lipinski definition) is 2. The molecule has 3 unspecified atom stereocenters. The molecule has 3 aliphatic rings. The van der Waals surface area contributed by atoms with Crippen LogP contribution in [-0.2, 0) is 4.79 Å². The Hall–Kier alpha value is -2.11. The minimum absolute atomic E-state index is 0.250. The highest BCUT2D eigenvalue weighted by atomic mass is 79.9. The normalized spacial score (nSPS) is 30.5. The van der Waals surface area contributed by atoms with Gasteiger partial charge in [-0.2, -0.15) is 5.26 Å². The summed E-state index contributed by atoms with van der Waals surface area (Å²) in [6.07, 6.45) is 10.9. The Morgan fingerprint density at radius 3 is 2.60 bits per heavy atom. The number of nitrogens with zero attached hydrogens (tertiary/aromatic N) is 3. The van der Waals surface area contributed by atoms with Crippen molar-refractivity contribution in [3.8, 4) is 6.07 Å². The zero-order chi connectivity index (χ0) is 21.3. The SMILES string of the molecule is CC1CC2CCC1N2C1CCC(Nc2ncc3oc(C#N)cc3c2Br)CC1.O=CO. The van der Waals surface area contributed by atoms with Gasteiger partial charge in [0.25, 0.3) is 6.47 Å². The molecule has 7 nitrogen and oxygen atoms in total. The van der Waals surface area contributed by atoms with Gasteiger partial charge in [0.2, 0.25) is 5.76 Å². The zero-order valence-electron chi connectivity index (χ0n) is 17.1. The van der Waals surface area contributed by atoms with E-state index in [4.69, 9.17) is 19.6 Å². The lowest BCUT2D eigenvalue weighted by Crippen LogP contribution is -2.43. The number of halogens is 1. The molecule has 0 amide bonds. The predicted octanol–water partition coefficient (Wildman–Crippen LogP) is 4.76. The van der Waals surface area contributed by atoms with Crippen LogP contribution in [0.2, 0.25) is 0 Å². The highest BCUT2D eigenvalue weighted by Crippen LogP contribution is 2.45. The maximum Gasteiger partial charge on any atom is 0.290 e. The first-order valence-corrected chi connectivity index (χ1v) is 11.4. The van der Waals surface area contributed by atoms with Gasteiger partial charge in [-0.05, 0) is 66.8 Å². The van der Waals surface area contributed by atoms with Gasteiger partial charge in [0.1, 0.15) is 11.9 Å². The molecule has 1 saturated carbocycles. The summed E-state index contributed by atoms with van der Waals surface area (Å²) in [7, 11) is 0. The van der Waals surface area contributed by atoms with Crippen LogP contribution < -0.4 is 5.32 Å². The number of nitriles is 1. The topological polar surface area (TPSA) is 102 Å². The molecular weight excluding hydrogens is 448 g/mol. The number of anilines is 1. The fraction of sp³-hybridized carbons (Fsp3) is 0.591. The van der Waals surface area contributed by atoms with Crippen molar-refractivity contribution in [3.05, 3.63) is 22.5 Å². The van der Waals surface area contributed by atoms with E-state index in [2.05, 4.69) is 44.1 Å². The van der Waals surface area contributed by atoms with Crippen molar-refractivity contribution in [3.63, 3.8) is 0 Å². The van der Waals surface area contributed by atoms with E-state index in [9.17, 15) is 0 Å². The van der Waals surface area contributed by atoms with E-state index < -0.39 is 0 Å². The third kappa shape index (κ3) is 3.93. The van der Waals surface area contributed by atoms with Crippen molar-refractivity contribution < 1.29 is 14.3 Å². The number of rotatable bonds is 3. The molecule has 2 N–H and O–H groups in total. The Morgan fingerprint density at radius 2 is 2.00 bits per heavy atom. The van der Waals surface area contributed by atoms with Crippen LogP contribution in [0.1, 0.15) is 57.6 Å². The Kier molecular flexibility index (Phi) is 6.30. The first kappa shape index (κ1) is 21.1. The van der Waals surface area contributed by atoms with E-state index >= 15 is 0 Å². The van der Waals surface area contributed by atoms with E-state index in [1.807, 2.05) is 0 Å². The molecule has 2 saturated heterocycles. The van der Waals surface area contributed by atoms with Gasteiger partial charge in [-0.25, -0.2) is 4.98 Å². The second-order valence-corrected chi connectivity index (χ2v) is 9.43. The molecule has 5 rings (SSSR count). The van der Waals surface area contributed by atoms with Gasteiger partial charge in [0.15, 0.2) is 5.58 Å².